The second-order valence-electron chi connectivity index (χ2n) is 6.45. The van der Waals surface area contributed by atoms with E-state index in [1.165, 1.54) is 11.1 Å². The van der Waals surface area contributed by atoms with Crippen LogP contribution < -0.4 is 10.1 Å². The van der Waals surface area contributed by atoms with E-state index in [1.807, 2.05) is 19.9 Å². The minimum atomic E-state index is 0. The van der Waals surface area contributed by atoms with Gasteiger partial charge in [-0.25, -0.2) is 9.97 Å². The first-order chi connectivity index (χ1) is 11.6. The van der Waals surface area contributed by atoms with Crippen molar-refractivity contribution < 1.29 is 4.74 Å². The summed E-state index contributed by atoms with van der Waals surface area (Å²) in [5, 5.41) is 3.50. The van der Waals surface area contributed by atoms with Crippen LogP contribution in [0.1, 0.15) is 28.6 Å². The Bertz CT molecular complexity index is 675. The Labute approximate surface area is 156 Å². The van der Waals surface area contributed by atoms with E-state index in [0.29, 0.717) is 18.7 Å². The maximum atomic E-state index is 5.79. The monoisotopic (exact) mass is 362 g/mol. The van der Waals surface area contributed by atoms with Crippen LogP contribution in [-0.4, -0.2) is 47.7 Å². The largest absolute Gasteiger partial charge is 0.462 e. The van der Waals surface area contributed by atoms with E-state index in [9.17, 15) is 0 Å². The fourth-order valence-electron chi connectivity index (χ4n) is 3.23. The topological polar surface area (TPSA) is 50.3 Å². The smallest absolute Gasteiger partial charge is 0.316 e. The quantitative estimate of drug-likeness (QED) is 0.886. The summed E-state index contributed by atoms with van der Waals surface area (Å²) in [6.07, 6.45) is 0. The molecule has 2 aromatic rings. The van der Waals surface area contributed by atoms with Crippen molar-refractivity contribution in [3.05, 3.63) is 52.8 Å². The lowest BCUT2D eigenvalue weighted by Crippen LogP contribution is -2.47. The van der Waals surface area contributed by atoms with E-state index in [0.717, 1.165) is 37.6 Å². The molecule has 2 heterocycles. The summed E-state index contributed by atoms with van der Waals surface area (Å²) in [6, 6.07) is 11.6. The maximum Gasteiger partial charge on any atom is 0.316 e. The summed E-state index contributed by atoms with van der Waals surface area (Å²) in [5.74, 6) is 0. The van der Waals surface area contributed by atoms with Gasteiger partial charge in [-0.1, -0.05) is 29.8 Å². The van der Waals surface area contributed by atoms with Gasteiger partial charge in [0.2, 0.25) is 0 Å². The van der Waals surface area contributed by atoms with Crippen molar-refractivity contribution in [2.75, 3.05) is 32.8 Å². The van der Waals surface area contributed by atoms with Crippen LogP contribution in [0.4, 0.5) is 0 Å². The summed E-state index contributed by atoms with van der Waals surface area (Å²) in [7, 11) is 0. The van der Waals surface area contributed by atoms with E-state index in [1.54, 1.807) is 0 Å². The highest BCUT2D eigenvalue weighted by Gasteiger charge is 2.23. The molecule has 1 aromatic heterocycles. The van der Waals surface area contributed by atoms with Crippen LogP contribution in [0.25, 0.3) is 0 Å². The van der Waals surface area contributed by atoms with E-state index in [4.69, 9.17) is 4.74 Å². The van der Waals surface area contributed by atoms with Crippen molar-refractivity contribution >= 4 is 12.4 Å². The third-order valence-electron chi connectivity index (χ3n) is 4.35. The highest BCUT2D eigenvalue weighted by molar-refractivity contribution is 5.85. The van der Waals surface area contributed by atoms with Crippen LogP contribution in [0.2, 0.25) is 0 Å². The number of halogens is 1. The average molecular weight is 363 g/mol. The first kappa shape index (κ1) is 19.6. The second kappa shape index (κ2) is 9.13. The number of rotatable bonds is 5. The molecule has 25 heavy (non-hydrogen) atoms. The van der Waals surface area contributed by atoms with Crippen LogP contribution in [0, 0.1) is 20.8 Å². The lowest BCUT2D eigenvalue weighted by molar-refractivity contribution is 0.130. The van der Waals surface area contributed by atoms with Crippen LogP contribution >= 0.6 is 12.4 Å². The van der Waals surface area contributed by atoms with Crippen LogP contribution in [0.15, 0.2) is 30.3 Å². The Hall–Kier alpha value is -1.69. The third-order valence-corrected chi connectivity index (χ3v) is 4.35. The molecule has 1 N–H and O–H groups in total. The molecule has 1 saturated heterocycles. The number of aryl methyl sites for hydroxylation is 3. The van der Waals surface area contributed by atoms with Gasteiger partial charge >= 0.3 is 6.01 Å². The Morgan fingerprint density at radius 1 is 1.16 bits per heavy atom. The molecular weight excluding hydrogens is 336 g/mol. The molecule has 6 heteroatoms. The number of aromatic nitrogens is 2. The maximum absolute atomic E-state index is 5.79. The van der Waals surface area contributed by atoms with Gasteiger partial charge in [-0.2, -0.15) is 0 Å². The molecule has 0 radical (unpaired) electrons. The zero-order valence-corrected chi connectivity index (χ0v) is 16.0. The lowest BCUT2D eigenvalue weighted by Gasteiger charge is -2.36. The van der Waals surface area contributed by atoms with Gasteiger partial charge in [-0.05, 0) is 32.4 Å². The normalized spacial score (nSPS) is 17.8. The molecule has 0 spiro atoms. The molecule has 1 unspecified atom stereocenters. The Kier molecular flexibility index (Phi) is 7.17. The number of nitrogens with one attached hydrogen (secondary N) is 1. The predicted octanol–water partition coefficient (Wildman–Crippen LogP) is 2.85. The van der Waals surface area contributed by atoms with Crippen molar-refractivity contribution in [1.29, 1.82) is 0 Å². The molecule has 1 aliphatic heterocycles. The van der Waals surface area contributed by atoms with E-state index >= 15 is 0 Å². The van der Waals surface area contributed by atoms with E-state index < -0.39 is 0 Å². The van der Waals surface area contributed by atoms with Crippen molar-refractivity contribution in [1.82, 2.24) is 20.2 Å². The van der Waals surface area contributed by atoms with Gasteiger partial charge in [0.15, 0.2) is 0 Å². The molecule has 1 aromatic carbocycles. The summed E-state index contributed by atoms with van der Waals surface area (Å²) in [4.78, 5) is 11.2. The van der Waals surface area contributed by atoms with Gasteiger partial charge in [0.25, 0.3) is 0 Å². The number of piperazine rings is 1. The molecule has 1 fully saturated rings. The zero-order chi connectivity index (χ0) is 16.9. The Morgan fingerprint density at radius 2 is 1.92 bits per heavy atom. The highest BCUT2D eigenvalue weighted by atomic mass is 35.5. The number of nitrogens with zero attached hydrogens (tertiary/aromatic N) is 3. The standard InChI is InChI=1S/C19H26N4O.ClH/c1-14-5-4-6-17(11-14)18-13-20-7-8-23(18)9-10-24-19-21-15(2)12-16(3)22-19;/h4-6,11-12,18,20H,7-10,13H2,1-3H3;1H. The highest BCUT2D eigenvalue weighted by Crippen LogP contribution is 2.22. The number of hydrogen-bond donors (Lipinski definition) is 1. The van der Waals surface area contributed by atoms with Gasteiger partial charge in [-0.15, -0.1) is 12.4 Å². The van der Waals surface area contributed by atoms with E-state index in [2.05, 4.69) is 51.4 Å². The van der Waals surface area contributed by atoms with Crippen molar-refractivity contribution in [2.24, 2.45) is 0 Å². The molecule has 0 amide bonds. The van der Waals surface area contributed by atoms with Gasteiger partial charge in [0.05, 0.1) is 0 Å². The molecule has 0 saturated carbocycles. The summed E-state index contributed by atoms with van der Waals surface area (Å²) >= 11 is 0. The first-order valence-corrected chi connectivity index (χ1v) is 8.58. The molecule has 5 nitrogen and oxygen atoms in total. The van der Waals surface area contributed by atoms with Crippen LogP contribution in [0.5, 0.6) is 6.01 Å². The third kappa shape index (κ3) is 5.39. The molecule has 3 rings (SSSR count). The van der Waals surface area contributed by atoms with Crippen molar-refractivity contribution in [3.63, 3.8) is 0 Å². The summed E-state index contributed by atoms with van der Waals surface area (Å²) in [5.41, 5.74) is 4.55. The van der Waals surface area contributed by atoms with Gasteiger partial charge in [0.1, 0.15) is 6.61 Å². The fourth-order valence-corrected chi connectivity index (χ4v) is 3.23. The molecule has 1 atom stereocenters. The molecule has 136 valence electrons. The molecule has 1 aliphatic rings. The Morgan fingerprint density at radius 3 is 2.64 bits per heavy atom. The minimum absolute atomic E-state index is 0. The average Bonchev–Trinajstić information content (AvgIpc) is 2.54. The molecular formula is C19H27ClN4O. The molecule has 0 aliphatic carbocycles. The molecule has 0 bridgehead atoms. The zero-order valence-electron chi connectivity index (χ0n) is 15.2. The Balaban J connectivity index is 0.00000225. The van der Waals surface area contributed by atoms with Crippen LogP contribution in [0.3, 0.4) is 0 Å². The fraction of sp³-hybridized carbons (Fsp3) is 0.474. The minimum Gasteiger partial charge on any atom is -0.462 e. The summed E-state index contributed by atoms with van der Waals surface area (Å²) in [6.45, 7) is 10.6. The number of ether oxygens (including phenoxy) is 1. The van der Waals surface area contributed by atoms with Crippen LogP contribution in [-0.2, 0) is 0 Å². The van der Waals surface area contributed by atoms with Gasteiger partial charge in [-0.3, -0.25) is 4.90 Å². The number of hydrogen-bond acceptors (Lipinski definition) is 5. The van der Waals surface area contributed by atoms with Gasteiger partial charge < -0.3 is 10.1 Å². The number of benzene rings is 1. The lowest BCUT2D eigenvalue weighted by atomic mass is 10.0. The first-order valence-electron chi connectivity index (χ1n) is 8.58. The predicted molar refractivity (Wildman–Crippen MR) is 103 cm³/mol. The van der Waals surface area contributed by atoms with E-state index in [-0.39, 0.29) is 12.4 Å². The van der Waals surface area contributed by atoms with Crippen molar-refractivity contribution in [3.8, 4) is 6.01 Å². The van der Waals surface area contributed by atoms with Gasteiger partial charge in [0, 0.05) is 43.6 Å². The van der Waals surface area contributed by atoms with Crippen molar-refractivity contribution in [2.45, 2.75) is 26.8 Å². The summed E-state index contributed by atoms with van der Waals surface area (Å²) < 4.78 is 5.79. The SMILES string of the molecule is Cc1cccc(C2CNCCN2CCOc2nc(C)cc(C)n2)c1.Cl. The second-order valence-corrected chi connectivity index (χ2v) is 6.45.